The van der Waals surface area contributed by atoms with E-state index in [4.69, 9.17) is 0 Å². The summed E-state index contributed by atoms with van der Waals surface area (Å²) in [6.07, 6.45) is 0.614. The van der Waals surface area contributed by atoms with Gasteiger partial charge in [-0.2, -0.15) is 0 Å². The molecular formula is C10H7N3O3. The highest BCUT2D eigenvalue weighted by Gasteiger charge is 2.09. The fourth-order valence-electron chi connectivity index (χ4n) is 1.37. The van der Waals surface area contributed by atoms with E-state index in [1.807, 2.05) is 0 Å². The average molecular weight is 217 g/mol. The van der Waals surface area contributed by atoms with Crippen molar-refractivity contribution in [3.63, 3.8) is 0 Å². The Morgan fingerprint density at radius 1 is 1.31 bits per heavy atom. The Hall–Kier alpha value is -2.37. The van der Waals surface area contributed by atoms with Gasteiger partial charge in [0.2, 0.25) is 0 Å². The summed E-state index contributed by atoms with van der Waals surface area (Å²) in [6.45, 7) is 1.63. The number of non-ortho nitro benzene ring substituents is 1. The molecule has 2 aromatic rings. The zero-order chi connectivity index (χ0) is 11.7. The minimum atomic E-state index is -0.496. The van der Waals surface area contributed by atoms with Crippen LogP contribution in [-0.4, -0.2) is 21.2 Å². The molecule has 16 heavy (non-hydrogen) atoms. The van der Waals surface area contributed by atoms with E-state index >= 15 is 0 Å². The zero-order valence-electron chi connectivity index (χ0n) is 8.38. The number of hydrogen-bond acceptors (Lipinski definition) is 5. The van der Waals surface area contributed by atoms with Crippen LogP contribution in [0.25, 0.3) is 11.0 Å². The second-order valence-corrected chi connectivity index (χ2v) is 3.24. The molecule has 0 atom stereocenters. The Morgan fingerprint density at radius 3 is 2.69 bits per heavy atom. The lowest BCUT2D eigenvalue weighted by molar-refractivity contribution is -0.384. The van der Waals surface area contributed by atoms with Crippen LogP contribution >= 0.6 is 0 Å². The number of fused-ring (bicyclic) bond motifs is 1. The smallest absolute Gasteiger partial charge is 0.271 e. The van der Waals surface area contributed by atoms with Crippen molar-refractivity contribution in [1.29, 1.82) is 0 Å². The number of carbonyl (C=O) groups excluding carboxylic acids is 1. The predicted octanol–water partition coefficient (Wildman–Crippen LogP) is 1.66. The molecule has 0 aliphatic rings. The Balaban J connectivity index is 2.71. The number of aromatic nitrogens is 2. The molecule has 0 fully saturated rings. The number of benzene rings is 1. The van der Waals surface area contributed by atoms with E-state index in [0.717, 1.165) is 0 Å². The van der Waals surface area contributed by atoms with Crippen LogP contribution in [0, 0.1) is 17.0 Å². The third-order valence-electron chi connectivity index (χ3n) is 2.18. The van der Waals surface area contributed by atoms with Crippen LogP contribution in [0.5, 0.6) is 0 Å². The van der Waals surface area contributed by atoms with Gasteiger partial charge in [-0.05, 0) is 13.0 Å². The highest BCUT2D eigenvalue weighted by atomic mass is 16.6. The van der Waals surface area contributed by atoms with Gasteiger partial charge in [-0.3, -0.25) is 14.9 Å². The molecule has 0 aliphatic carbocycles. The molecule has 6 nitrogen and oxygen atoms in total. The van der Waals surface area contributed by atoms with E-state index in [0.29, 0.717) is 23.0 Å². The molecule has 80 valence electrons. The van der Waals surface area contributed by atoms with Gasteiger partial charge in [-0.1, -0.05) is 0 Å². The summed E-state index contributed by atoms with van der Waals surface area (Å²) in [7, 11) is 0. The molecule has 0 aliphatic heterocycles. The lowest BCUT2D eigenvalue weighted by Gasteiger charge is -2.00. The first-order valence-corrected chi connectivity index (χ1v) is 4.50. The Bertz CT molecular complexity index is 595. The molecule has 0 radical (unpaired) electrons. The quantitative estimate of drug-likeness (QED) is 0.433. The van der Waals surface area contributed by atoms with Crippen molar-refractivity contribution in [3.05, 3.63) is 39.7 Å². The lowest BCUT2D eigenvalue weighted by Crippen LogP contribution is -1.97. The minimum Gasteiger partial charge on any atom is -0.296 e. The van der Waals surface area contributed by atoms with Crippen LogP contribution in [-0.2, 0) is 0 Å². The molecule has 0 amide bonds. The van der Waals surface area contributed by atoms with Crippen LogP contribution in [0.15, 0.2) is 18.2 Å². The average Bonchev–Trinajstić information content (AvgIpc) is 2.27. The molecular weight excluding hydrogens is 210 g/mol. The Labute approximate surface area is 90.1 Å². The lowest BCUT2D eigenvalue weighted by atomic mass is 10.2. The minimum absolute atomic E-state index is 0.0416. The third-order valence-corrected chi connectivity index (χ3v) is 2.18. The predicted molar refractivity (Wildman–Crippen MR) is 56.3 cm³/mol. The van der Waals surface area contributed by atoms with Gasteiger partial charge in [0.05, 0.1) is 21.7 Å². The molecule has 1 heterocycles. The summed E-state index contributed by atoms with van der Waals surface area (Å²) in [5, 5.41) is 10.6. The van der Waals surface area contributed by atoms with Gasteiger partial charge in [0.15, 0.2) is 6.29 Å². The zero-order valence-corrected chi connectivity index (χ0v) is 8.38. The normalized spacial score (nSPS) is 10.3. The molecule has 0 saturated heterocycles. The number of aldehydes is 1. The standard InChI is InChI=1S/C10H7N3O3/c1-6-10(5-14)12-8-3-2-7(13(15)16)4-9(8)11-6/h2-5H,1H3. The highest BCUT2D eigenvalue weighted by Crippen LogP contribution is 2.18. The van der Waals surface area contributed by atoms with Crippen molar-refractivity contribution >= 4 is 23.0 Å². The Kier molecular flexibility index (Phi) is 2.32. The van der Waals surface area contributed by atoms with Crippen LogP contribution in [0.1, 0.15) is 16.2 Å². The third kappa shape index (κ3) is 1.60. The molecule has 0 saturated carbocycles. The summed E-state index contributed by atoms with van der Waals surface area (Å²) < 4.78 is 0. The van der Waals surface area contributed by atoms with Gasteiger partial charge >= 0.3 is 0 Å². The monoisotopic (exact) mass is 217 g/mol. The number of aryl methyl sites for hydroxylation is 1. The number of nitrogens with zero attached hydrogens (tertiary/aromatic N) is 3. The van der Waals surface area contributed by atoms with Crippen LogP contribution in [0.3, 0.4) is 0 Å². The van der Waals surface area contributed by atoms with Gasteiger partial charge in [0.25, 0.3) is 5.69 Å². The molecule has 6 heteroatoms. The number of rotatable bonds is 2. The summed E-state index contributed by atoms with van der Waals surface area (Å²) in [5.41, 5.74) is 1.56. The van der Waals surface area contributed by atoms with Crippen molar-refractivity contribution in [1.82, 2.24) is 9.97 Å². The van der Waals surface area contributed by atoms with E-state index in [1.54, 1.807) is 6.92 Å². The molecule has 0 bridgehead atoms. The summed E-state index contributed by atoms with van der Waals surface area (Å²) in [5.74, 6) is 0. The topological polar surface area (TPSA) is 86.0 Å². The molecule has 0 unspecified atom stereocenters. The largest absolute Gasteiger partial charge is 0.296 e. The number of hydrogen-bond donors (Lipinski definition) is 0. The highest BCUT2D eigenvalue weighted by molar-refractivity contribution is 5.82. The Morgan fingerprint density at radius 2 is 2.06 bits per heavy atom. The van der Waals surface area contributed by atoms with Crippen LogP contribution in [0.2, 0.25) is 0 Å². The van der Waals surface area contributed by atoms with Gasteiger partial charge < -0.3 is 0 Å². The van der Waals surface area contributed by atoms with E-state index < -0.39 is 4.92 Å². The molecule has 0 N–H and O–H groups in total. The maximum atomic E-state index is 10.6. The molecule has 2 rings (SSSR count). The number of carbonyl (C=O) groups is 1. The fraction of sp³-hybridized carbons (Fsp3) is 0.100. The van der Waals surface area contributed by atoms with Crippen molar-refractivity contribution in [2.45, 2.75) is 6.92 Å². The van der Waals surface area contributed by atoms with E-state index in [1.165, 1.54) is 18.2 Å². The second kappa shape index (κ2) is 3.65. The van der Waals surface area contributed by atoms with Crippen LogP contribution < -0.4 is 0 Å². The first-order chi connectivity index (χ1) is 7.61. The maximum absolute atomic E-state index is 10.6. The van der Waals surface area contributed by atoms with E-state index in [2.05, 4.69) is 9.97 Å². The first-order valence-electron chi connectivity index (χ1n) is 4.50. The van der Waals surface area contributed by atoms with Crippen molar-refractivity contribution < 1.29 is 9.72 Å². The fourth-order valence-corrected chi connectivity index (χ4v) is 1.37. The molecule has 0 spiro atoms. The van der Waals surface area contributed by atoms with Crippen molar-refractivity contribution in [2.75, 3.05) is 0 Å². The summed E-state index contributed by atoms with van der Waals surface area (Å²) >= 11 is 0. The van der Waals surface area contributed by atoms with Crippen molar-refractivity contribution in [3.8, 4) is 0 Å². The van der Waals surface area contributed by atoms with E-state index in [9.17, 15) is 14.9 Å². The molecule has 1 aromatic heterocycles. The number of nitro groups is 1. The summed E-state index contributed by atoms with van der Waals surface area (Å²) in [4.78, 5) is 28.8. The first kappa shape index (κ1) is 10.2. The van der Waals surface area contributed by atoms with E-state index in [-0.39, 0.29) is 11.4 Å². The SMILES string of the molecule is Cc1nc2cc([N+](=O)[O-])ccc2nc1C=O. The van der Waals surface area contributed by atoms with Gasteiger partial charge in [0.1, 0.15) is 5.69 Å². The number of nitro benzene ring substituents is 1. The van der Waals surface area contributed by atoms with Crippen LogP contribution in [0.4, 0.5) is 5.69 Å². The maximum Gasteiger partial charge on any atom is 0.271 e. The van der Waals surface area contributed by atoms with Gasteiger partial charge in [-0.25, -0.2) is 9.97 Å². The van der Waals surface area contributed by atoms with Gasteiger partial charge in [0, 0.05) is 12.1 Å². The molecule has 1 aromatic carbocycles. The van der Waals surface area contributed by atoms with Crippen molar-refractivity contribution in [2.24, 2.45) is 0 Å². The van der Waals surface area contributed by atoms with Gasteiger partial charge in [-0.15, -0.1) is 0 Å². The second-order valence-electron chi connectivity index (χ2n) is 3.24. The summed E-state index contributed by atoms with van der Waals surface area (Å²) in [6, 6.07) is 4.15.